The minimum atomic E-state index is -1.43. The maximum atomic E-state index is 13.7. The lowest BCUT2D eigenvalue weighted by Gasteiger charge is -2.17. The molecule has 2 aromatic rings. The van der Waals surface area contributed by atoms with Crippen LogP contribution in [0.25, 0.3) is 10.8 Å². The van der Waals surface area contributed by atoms with Crippen molar-refractivity contribution >= 4 is 22.6 Å². The molecule has 3 N–H and O–H groups in total. The van der Waals surface area contributed by atoms with Gasteiger partial charge in [-0.05, 0) is 24.4 Å². The van der Waals surface area contributed by atoms with Crippen molar-refractivity contribution in [1.29, 1.82) is 0 Å². The van der Waals surface area contributed by atoms with Gasteiger partial charge in [0.2, 0.25) is 0 Å². The predicted octanol–water partition coefficient (Wildman–Crippen LogP) is 1.54. The Morgan fingerprint density at radius 3 is 2.33 bits per heavy atom. The molecule has 0 aliphatic rings. The SMILES string of the molecule is CC(O)C(NC(=O)c1ccc(F)c2ccccc12)C(=O)O. The van der Waals surface area contributed by atoms with Crippen molar-refractivity contribution in [3.05, 3.63) is 47.8 Å². The lowest BCUT2D eigenvalue weighted by Crippen LogP contribution is -2.47. The zero-order chi connectivity index (χ0) is 15.6. The first-order valence-corrected chi connectivity index (χ1v) is 6.31. The van der Waals surface area contributed by atoms with Crippen LogP contribution < -0.4 is 5.32 Å². The first-order chi connectivity index (χ1) is 9.91. The normalized spacial score (nSPS) is 13.7. The number of hydrogen-bond acceptors (Lipinski definition) is 3. The highest BCUT2D eigenvalue weighted by Crippen LogP contribution is 2.21. The second kappa shape index (κ2) is 5.88. The third-order valence-corrected chi connectivity index (χ3v) is 3.15. The molecule has 1 amide bonds. The van der Waals surface area contributed by atoms with Crippen LogP contribution in [-0.2, 0) is 4.79 Å². The average molecular weight is 291 g/mol. The van der Waals surface area contributed by atoms with E-state index in [1.807, 2.05) is 0 Å². The number of halogens is 1. The van der Waals surface area contributed by atoms with Crippen LogP contribution in [0.4, 0.5) is 4.39 Å². The molecule has 0 heterocycles. The van der Waals surface area contributed by atoms with Crippen LogP contribution in [0.1, 0.15) is 17.3 Å². The number of carbonyl (C=O) groups is 2. The summed E-state index contributed by atoms with van der Waals surface area (Å²) in [6.45, 7) is 1.27. The monoisotopic (exact) mass is 291 g/mol. The molecule has 0 bridgehead atoms. The van der Waals surface area contributed by atoms with Gasteiger partial charge in [0.1, 0.15) is 5.82 Å². The number of carboxylic acid groups (broad SMARTS) is 1. The topological polar surface area (TPSA) is 86.6 Å². The molecule has 2 unspecified atom stereocenters. The van der Waals surface area contributed by atoms with Crippen molar-refractivity contribution in [1.82, 2.24) is 5.32 Å². The molecule has 21 heavy (non-hydrogen) atoms. The molecule has 0 spiro atoms. The van der Waals surface area contributed by atoms with E-state index >= 15 is 0 Å². The Balaban J connectivity index is 2.40. The third kappa shape index (κ3) is 3.00. The van der Waals surface area contributed by atoms with Gasteiger partial charge in [-0.1, -0.05) is 24.3 Å². The summed E-state index contributed by atoms with van der Waals surface area (Å²) in [6, 6.07) is 7.41. The first kappa shape index (κ1) is 14.9. The number of fused-ring (bicyclic) bond motifs is 1. The molecule has 0 fully saturated rings. The Morgan fingerprint density at radius 2 is 1.76 bits per heavy atom. The summed E-state index contributed by atoms with van der Waals surface area (Å²) in [6.07, 6.45) is -1.25. The van der Waals surface area contributed by atoms with E-state index in [4.69, 9.17) is 5.11 Å². The summed E-state index contributed by atoms with van der Waals surface area (Å²) in [4.78, 5) is 23.2. The molecule has 2 atom stereocenters. The number of aliphatic hydroxyl groups is 1. The van der Waals surface area contributed by atoms with Crippen LogP contribution in [0, 0.1) is 5.82 Å². The largest absolute Gasteiger partial charge is 0.480 e. The number of aliphatic hydroxyl groups excluding tert-OH is 1. The van der Waals surface area contributed by atoms with Crippen LogP contribution in [0.2, 0.25) is 0 Å². The number of nitrogens with one attached hydrogen (secondary N) is 1. The minimum Gasteiger partial charge on any atom is -0.480 e. The second-order valence-electron chi connectivity index (χ2n) is 4.67. The predicted molar refractivity (Wildman–Crippen MR) is 74.5 cm³/mol. The zero-order valence-corrected chi connectivity index (χ0v) is 11.2. The van der Waals surface area contributed by atoms with Crippen molar-refractivity contribution in [2.24, 2.45) is 0 Å². The van der Waals surface area contributed by atoms with Gasteiger partial charge in [0.05, 0.1) is 6.10 Å². The van der Waals surface area contributed by atoms with Gasteiger partial charge in [-0.3, -0.25) is 4.79 Å². The average Bonchev–Trinajstić information content (AvgIpc) is 2.44. The van der Waals surface area contributed by atoms with E-state index in [1.54, 1.807) is 18.2 Å². The molecule has 2 rings (SSSR count). The van der Waals surface area contributed by atoms with Crippen LogP contribution in [0.3, 0.4) is 0 Å². The summed E-state index contributed by atoms with van der Waals surface area (Å²) in [5.74, 6) is -2.49. The quantitative estimate of drug-likeness (QED) is 0.797. The van der Waals surface area contributed by atoms with Crippen LogP contribution in [-0.4, -0.2) is 34.2 Å². The van der Waals surface area contributed by atoms with Crippen LogP contribution in [0.15, 0.2) is 36.4 Å². The molecule has 0 saturated heterocycles. The number of aliphatic carboxylic acids is 1. The first-order valence-electron chi connectivity index (χ1n) is 6.31. The van der Waals surface area contributed by atoms with E-state index in [0.29, 0.717) is 5.39 Å². The van der Waals surface area contributed by atoms with Gasteiger partial charge >= 0.3 is 5.97 Å². The van der Waals surface area contributed by atoms with E-state index in [0.717, 1.165) is 6.07 Å². The number of carbonyl (C=O) groups excluding carboxylic acids is 1. The molecule has 6 heteroatoms. The smallest absolute Gasteiger partial charge is 0.328 e. The highest BCUT2D eigenvalue weighted by Gasteiger charge is 2.26. The van der Waals surface area contributed by atoms with Crippen molar-refractivity contribution in [3.63, 3.8) is 0 Å². The Morgan fingerprint density at radius 1 is 1.14 bits per heavy atom. The standard InChI is InChI=1S/C15H14FNO4/c1-8(18)13(15(20)21)17-14(19)11-6-7-12(16)10-5-3-2-4-9(10)11/h2-8,13,18H,1H3,(H,17,19)(H,20,21). The molecule has 2 aromatic carbocycles. The number of benzene rings is 2. The molecule has 0 aromatic heterocycles. The summed E-state index contributed by atoms with van der Waals surface area (Å²) in [7, 11) is 0. The summed E-state index contributed by atoms with van der Waals surface area (Å²) in [5.41, 5.74) is 0.152. The Hall–Kier alpha value is -2.47. The number of hydrogen-bond donors (Lipinski definition) is 3. The molecular weight excluding hydrogens is 277 g/mol. The van der Waals surface area contributed by atoms with Crippen molar-refractivity contribution in [2.45, 2.75) is 19.1 Å². The van der Waals surface area contributed by atoms with Gasteiger partial charge < -0.3 is 15.5 Å². The van der Waals surface area contributed by atoms with Crippen LogP contribution >= 0.6 is 0 Å². The van der Waals surface area contributed by atoms with Gasteiger partial charge in [-0.15, -0.1) is 0 Å². The maximum Gasteiger partial charge on any atom is 0.328 e. The van der Waals surface area contributed by atoms with Crippen molar-refractivity contribution in [2.75, 3.05) is 0 Å². The molecule has 0 radical (unpaired) electrons. The lowest BCUT2D eigenvalue weighted by atomic mass is 10.0. The molecular formula is C15H14FNO4. The molecule has 0 saturated carbocycles. The van der Waals surface area contributed by atoms with E-state index in [9.17, 15) is 19.1 Å². The number of carboxylic acids is 1. The van der Waals surface area contributed by atoms with Gasteiger partial charge in [0.25, 0.3) is 5.91 Å². The Bertz CT molecular complexity index is 699. The van der Waals surface area contributed by atoms with E-state index in [1.165, 1.54) is 19.1 Å². The summed E-state index contributed by atoms with van der Waals surface area (Å²) in [5, 5.41) is 21.2. The molecule has 5 nitrogen and oxygen atoms in total. The number of rotatable bonds is 4. The van der Waals surface area contributed by atoms with Crippen molar-refractivity contribution in [3.8, 4) is 0 Å². The second-order valence-corrected chi connectivity index (χ2v) is 4.67. The van der Waals surface area contributed by atoms with E-state index < -0.39 is 29.8 Å². The summed E-state index contributed by atoms with van der Waals surface area (Å²) < 4.78 is 13.7. The highest BCUT2D eigenvalue weighted by atomic mass is 19.1. The van der Waals surface area contributed by atoms with Gasteiger partial charge in [-0.2, -0.15) is 0 Å². The van der Waals surface area contributed by atoms with Gasteiger partial charge in [-0.25, -0.2) is 9.18 Å². The highest BCUT2D eigenvalue weighted by molar-refractivity contribution is 6.08. The van der Waals surface area contributed by atoms with Gasteiger partial charge in [0.15, 0.2) is 6.04 Å². The number of amides is 1. The molecule has 110 valence electrons. The molecule has 0 aliphatic carbocycles. The fourth-order valence-electron chi connectivity index (χ4n) is 2.07. The fourth-order valence-corrected chi connectivity index (χ4v) is 2.07. The van der Waals surface area contributed by atoms with Crippen molar-refractivity contribution < 1.29 is 24.2 Å². The van der Waals surface area contributed by atoms with E-state index in [-0.39, 0.29) is 10.9 Å². The zero-order valence-electron chi connectivity index (χ0n) is 11.2. The summed E-state index contributed by atoms with van der Waals surface area (Å²) >= 11 is 0. The Kier molecular flexibility index (Phi) is 4.18. The maximum absolute atomic E-state index is 13.7. The molecule has 0 aliphatic heterocycles. The van der Waals surface area contributed by atoms with E-state index in [2.05, 4.69) is 5.32 Å². The van der Waals surface area contributed by atoms with Crippen LogP contribution in [0.5, 0.6) is 0 Å². The van der Waals surface area contributed by atoms with Gasteiger partial charge in [0, 0.05) is 10.9 Å². The minimum absolute atomic E-state index is 0.152. The fraction of sp³-hybridized carbons (Fsp3) is 0.200. The lowest BCUT2D eigenvalue weighted by molar-refractivity contribution is -0.141. The third-order valence-electron chi connectivity index (χ3n) is 3.15. The Labute approximate surface area is 120 Å².